The molecule has 1 amide bonds. The minimum Gasteiger partial charge on any atom is -0.384 e. The van der Waals surface area contributed by atoms with E-state index in [0.717, 1.165) is 36.3 Å². The Bertz CT molecular complexity index is 670. The van der Waals surface area contributed by atoms with Crippen LogP contribution in [0.2, 0.25) is 0 Å². The molecule has 2 N–H and O–H groups in total. The lowest BCUT2D eigenvalue weighted by molar-refractivity contribution is -0.130. The second-order valence-electron chi connectivity index (χ2n) is 5.61. The summed E-state index contributed by atoms with van der Waals surface area (Å²) < 4.78 is 0. The molecular formula is C16H19N5O. The van der Waals surface area contributed by atoms with Crippen molar-refractivity contribution >= 4 is 11.7 Å². The lowest BCUT2D eigenvalue weighted by Crippen LogP contribution is -2.37. The first-order chi connectivity index (χ1) is 10.6. The first-order valence-corrected chi connectivity index (χ1v) is 7.43. The number of hydrogen-bond acceptors (Lipinski definition) is 5. The first kappa shape index (κ1) is 14.4. The summed E-state index contributed by atoms with van der Waals surface area (Å²) in [5, 5.41) is 0. The maximum Gasteiger partial charge on any atom is 0.219 e. The number of nitrogen functional groups attached to an aromatic ring is 1. The lowest BCUT2D eigenvalue weighted by Gasteiger charge is -2.31. The minimum absolute atomic E-state index is 0.122. The number of pyridine rings is 1. The molecule has 0 aromatic carbocycles. The van der Waals surface area contributed by atoms with E-state index in [1.807, 2.05) is 11.0 Å². The van der Waals surface area contributed by atoms with Crippen LogP contribution in [0.4, 0.5) is 5.82 Å². The number of anilines is 1. The molecule has 2 aromatic rings. The highest BCUT2D eigenvalue weighted by Crippen LogP contribution is 2.27. The van der Waals surface area contributed by atoms with Crippen LogP contribution in [0.3, 0.4) is 0 Å². The quantitative estimate of drug-likeness (QED) is 0.914. The molecule has 0 unspecified atom stereocenters. The van der Waals surface area contributed by atoms with Crippen molar-refractivity contribution in [1.29, 1.82) is 0 Å². The third kappa shape index (κ3) is 3.05. The van der Waals surface area contributed by atoms with Gasteiger partial charge < -0.3 is 10.6 Å². The van der Waals surface area contributed by atoms with Gasteiger partial charge in [-0.2, -0.15) is 0 Å². The summed E-state index contributed by atoms with van der Waals surface area (Å²) >= 11 is 0. The Morgan fingerprint density at radius 3 is 2.91 bits per heavy atom. The summed E-state index contributed by atoms with van der Waals surface area (Å²) in [6, 6.07) is 3.64. The average molecular weight is 297 g/mol. The summed E-state index contributed by atoms with van der Waals surface area (Å²) in [6.45, 7) is 3.17. The van der Waals surface area contributed by atoms with Crippen LogP contribution in [-0.2, 0) is 4.79 Å². The Hall–Kier alpha value is -2.50. The normalized spacial score (nSPS) is 18.2. The molecule has 0 radical (unpaired) electrons. The lowest BCUT2D eigenvalue weighted by atomic mass is 9.95. The van der Waals surface area contributed by atoms with E-state index in [4.69, 9.17) is 10.7 Å². The Labute approximate surface area is 129 Å². The van der Waals surface area contributed by atoms with Crippen molar-refractivity contribution in [2.24, 2.45) is 0 Å². The summed E-state index contributed by atoms with van der Waals surface area (Å²) in [4.78, 5) is 26.6. The maximum absolute atomic E-state index is 11.6. The number of likely N-dealkylation sites (tertiary alicyclic amines) is 1. The molecule has 1 fully saturated rings. The number of amides is 1. The Morgan fingerprint density at radius 2 is 2.18 bits per heavy atom. The van der Waals surface area contributed by atoms with E-state index >= 15 is 0 Å². The number of carbonyl (C=O) groups is 1. The Balaban J connectivity index is 1.84. The van der Waals surface area contributed by atoms with Crippen molar-refractivity contribution in [1.82, 2.24) is 19.9 Å². The number of nitrogens with two attached hydrogens (primary N) is 1. The van der Waals surface area contributed by atoms with Gasteiger partial charge in [0.25, 0.3) is 0 Å². The van der Waals surface area contributed by atoms with Gasteiger partial charge in [0.05, 0.1) is 17.6 Å². The predicted octanol–water partition coefficient (Wildman–Crippen LogP) is 1.85. The highest BCUT2D eigenvalue weighted by molar-refractivity contribution is 5.73. The van der Waals surface area contributed by atoms with Crippen LogP contribution in [0.5, 0.6) is 0 Å². The smallest absolute Gasteiger partial charge is 0.219 e. The van der Waals surface area contributed by atoms with Gasteiger partial charge in [0.2, 0.25) is 5.91 Å². The van der Waals surface area contributed by atoms with Crippen molar-refractivity contribution < 1.29 is 4.79 Å². The van der Waals surface area contributed by atoms with Gasteiger partial charge in [-0.15, -0.1) is 0 Å². The van der Waals surface area contributed by atoms with Gasteiger partial charge in [-0.3, -0.25) is 9.78 Å². The number of nitrogens with zero attached hydrogens (tertiary/aromatic N) is 4. The van der Waals surface area contributed by atoms with E-state index in [1.165, 1.54) is 0 Å². The number of hydrogen-bond donors (Lipinski definition) is 1. The van der Waals surface area contributed by atoms with Crippen molar-refractivity contribution in [2.45, 2.75) is 25.7 Å². The monoisotopic (exact) mass is 297 g/mol. The molecule has 0 bridgehead atoms. The Morgan fingerprint density at radius 1 is 1.32 bits per heavy atom. The second-order valence-corrected chi connectivity index (χ2v) is 5.61. The van der Waals surface area contributed by atoms with Gasteiger partial charge in [0, 0.05) is 43.9 Å². The first-order valence-electron chi connectivity index (χ1n) is 7.43. The summed E-state index contributed by atoms with van der Waals surface area (Å²) in [6.07, 6.45) is 7.25. The Kier molecular flexibility index (Phi) is 4.00. The van der Waals surface area contributed by atoms with E-state index in [0.29, 0.717) is 12.4 Å². The molecule has 114 valence electrons. The molecule has 0 spiro atoms. The predicted molar refractivity (Wildman–Crippen MR) is 83.9 cm³/mol. The topological polar surface area (TPSA) is 85.0 Å². The highest BCUT2D eigenvalue weighted by atomic mass is 16.2. The molecule has 0 saturated carbocycles. The molecule has 6 nitrogen and oxygen atoms in total. The molecule has 22 heavy (non-hydrogen) atoms. The van der Waals surface area contributed by atoms with E-state index in [1.54, 1.807) is 31.6 Å². The SMILES string of the molecule is CC(=O)N1CCC[C@H](c2cncc(-c3ccc(N)nc3)n2)C1. The molecule has 3 rings (SSSR count). The van der Waals surface area contributed by atoms with Crippen molar-refractivity contribution in [3.63, 3.8) is 0 Å². The van der Waals surface area contributed by atoms with E-state index in [9.17, 15) is 4.79 Å². The molecule has 1 aliphatic heterocycles. The second kappa shape index (κ2) is 6.09. The molecule has 1 atom stereocenters. The van der Waals surface area contributed by atoms with Crippen molar-refractivity contribution in [3.05, 3.63) is 36.4 Å². The van der Waals surface area contributed by atoms with Crippen LogP contribution in [0, 0.1) is 0 Å². The fraction of sp³-hybridized carbons (Fsp3) is 0.375. The molecule has 1 saturated heterocycles. The largest absolute Gasteiger partial charge is 0.384 e. The van der Waals surface area contributed by atoms with Gasteiger partial charge in [-0.25, -0.2) is 9.97 Å². The van der Waals surface area contributed by atoms with Crippen LogP contribution < -0.4 is 5.73 Å². The van der Waals surface area contributed by atoms with Gasteiger partial charge in [-0.1, -0.05) is 0 Å². The van der Waals surface area contributed by atoms with Gasteiger partial charge in [-0.05, 0) is 25.0 Å². The summed E-state index contributed by atoms with van der Waals surface area (Å²) in [5.74, 6) is 0.848. The third-order valence-corrected chi connectivity index (χ3v) is 4.02. The van der Waals surface area contributed by atoms with Crippen LogP contribution >= 0.6 is 0 Å². The standard InChI is InChI=1S/C16H19N5O/c1-11(22)21-6-2-3-13(10-21)15-9-18-8-14(20-15)12-4-5-16(17)19-7-12/h4-5,7-9,13H,2-3,6,10H2,1H3,(H2,17,19)/t13-/m0/s1. The number of carbonyl (C=O) groups excluding carboxylic acids is 1. The number of piperidine rings is 1. The molecule has 2 aromatic heterocycles. The van der Waals surface area contributed by atoms with E-state index < -0.39 is 0 Å². The van der Waals surface area contributed by atoms with E-state index in [2.05, 4.69) is 9.97 Å². The fourth-order valence-electron chi connectivity index (χ4n) is 2.78. The highest BCUT2D eigenvalue weighted by Gasteiger charge is 2.24. The fourth-order valence-corrected chi connectivity index (χ4v) is 2.78. The molecule has 1 aliphatic rings. The number of aromatic nitrogens is 3. The summed E-state index contributed by atoms with van der Waals surface area (Å²) in [5.41, 5.74) is 8.22. The van der Waals surface area contributed by atoms with Crippen LogP contribution in [0.15, 0.2) is 30.7 Å². The average Bonchev–Trinajstić information content (AvgIpc) is 2.56. The maximum atomic E-state index is 11.6. The van der Waals surface area contributed by atoms with Crippen molar-refractivity contribution in [3.8, 4) is 11.3 Å². The van der Waals surface area contributed by atoms with Gasteiger partial charge in [0.15, 0.2) is 0 Å². The zero-order valence-corrected chi connectivity index (χ0v) is 12.6. The van der Waals surface area contributed by atoms with Crippen LogP contribution in [-0.4, -0.2) is 38.8 Å². The zero-order chi connectivity index (χ0) is 15.5. The molecule has 0 aliphatic carbocycles. The molecular weight excluding hydrogens is 278 g/mol. The van der Waals surface area contributed by atoms with Crippen LogP contribution in [0.25, 0.3) is 11.3 Å². The van der Waals surface area contributed by atoms with Crippen molar-refractivity contribution in [2.75, 3.05) is 18.8 Å². The molecule has 3 heterocycles. The van der Waals surface area contributed by atoms with Gasteiger partial charge in [0.1, 0.15) is 5.82 Å². The van der Waals surface area contributed by atoms with E-state index in [-0.39, 0.29) is 11.8 Å². The minimum atomic E-state index is 0.122. The van der Waals surface area contributed by atoms with Crippen LogP contribution in [0.1, 0.15) is 31.4 Å². The summed E-state index contributed by atoms with van der Waals surface area (Å²) in [7, 11) is 0. The molecule has 6 heteroatoms. The third-order valence-electron chi connectivity index (χ3n) is 4.02. The number of rotatable bonds is 2. The zero-order valence-electron chi connectivity index (χ0n) is 12.6. The van der Waals surface area contributed by atoms with Gasteiger partial charge >= 0.3 is 0 Å².